The van der Waals surface area contributed by atoms with Gasteiger partial charge in [-0.15, -0.1) is 0 Å². The van der Waals surface area contributed by atoms with Crippen molar-refractivity contribution >= 4 is 17.8 Å². The first-order chi connectivity index (χ1) is 9.87. The highest BCUT2D eigenvalue weighted by molar-refractivity contribution is 6.44. The van der Waals surface area contributed by atoms with Gasteiger partial charge in [-0.1, -0.05) is 19.3 Å². The van der Waals surface area contributed by atoms with Gasteiger partial charge in [0.1, 0.15) is 0 Å². The van der Waals surface area contributed by atoms with Crippen LogP contribution in [0.4, 0.5) is 4.79 Å². The van der Waals surface area contributed by atoms with Crippen molar-refractivity contribution in [3.8, 4) is 6.07 Å². The number of nitriles is 1. The zero-order valence-corrected chi connectivity index (χ0v) is 12.6. The summed E-state index contributed by atoms with van der Waals surface area (Å²) in [5.41, 5.74) is -0.623. The van der Waals surface area contributed by atoms with Gasteiger partial charge in [0.25, 0.3) is 0 Å². The van der Waals surface area contributed by atoms with Gasteiger partial charge in [0, 0.05) is 12.6 Å². The van der Waals surface area contributed by atoms with Crippen LogP contribution in [0.3, 0.4) is 0 Å². The molecule has 114 valence electrons. The Morgan fingerprint density at radius 3 is 2.33 bits per heavy atom. The van der Waals surface area contributed by atoms with Gasteiger partial charge in [-0.25, -0.2) is 4.79 Å². The monoisotopic (exact) mass is 291 g/mol. The summed E-state index contributed by atoms with van der Waals surface area (Å²) >= 11 is 0. The maximum atomic E-state index is 12.4. The SMILES string of the molecule is CC(C)(C#N)CCN1C(=O)C(=O)N(C2CCCCC2)C1=O. The lowest BCUT2D eigenvalue weighted by Crippen LogP contribution is -2.42. The van der Waals surface area contributed by atoms with E-state index < -0.39 is 23.3 Å². The summed E-state index contributed by atoms with van der Waals surface area (Å²) in [6.07, 6.45) is 5.01. The quantitative estimate of drug-likeness (QED) is 0.586. The van der Waals surface area contributed by atoms with Gasteiger partial charge < -0.3 is 0 Å². The molecule has 2 rings (SSSR count). The summed E-state index contributed by atoms with van der Waals surface area (Å²) < 4.78 is 0. The van der Waals surface area contributed by atoms with Crippen molar-refractivity contribution in [1.29, 1.82) is 5.26 Å². The third-order valence-corrected chi connectivity index (χ3v) is 4.29. The summed E-state index contributed by atoms with van der Waals surface area (Å²) in [6, 6.07) is 1.48. The minimum absolute atomic E-state index is 0.118. The molecule has 0 radical (unpaired) electrons. The van der Waals surface area contributed by atoms with Gasteiger partial charge in [0.05, 0.1) is 11.5 Å². The molecular weight excluding hydrogens is 270 g/mol. The zero-order chi connectivity index (χ0) is 15.6. The molecule has 1 heterocycles. The van der Waals surface area contributed by atoms with Crippen molar-refractivity contribution in [3.05, 3.63) is 0 Å². The van der Waals surface area contributed by atoms with Gasteiger partial charge in [-0.05, 0) is 33.1 Å². The van der Waals surface area contributed by atoms with Gasteiger partial charge >= 0.3 is 17.8 Å². The predicted octanol–water partition coefficient (Wildman–Crippen LogP) is 2.05. The Balaban J connectivity index is 2.07. The zero-order valence-electron chi connectivity index (χ0n) is 12.6. The van der Waals surface area contributed by atoms with Crippen molar-refractivity contribution < 1.29 is 14.4 Å². The van der Waals surface area contributed by atoms with E-state index in [1.165, 1.54) is 0 Å². The van der Waals surface area contributed by atoms with E-state index in [0.29, 0.717) is 6.42 Å². The third-order valence-electron chi connectivity index (χ3n) is 4.29. The molecule has 1 aliphatic carbocycles. The molecule has 0 atom stereocenters. The van der Waals surface area contributed by atoms with E-state index in [9.17, 15) is 14.4 Å². The second-order valence-corrected chi connectivity index (χ2v) is 6.45. The number of carbonyl (C=O) groups is 3. The lowest BCUT2D eigenvalue weighted by Gasteiger charge is -2.28. The van der Waals surface area contributed by atoms with Gasteiger partial charge in [-0.3, -0.25) is 19.4 Å². The Kier molecular flexibility index (Phi) is 4.31. The highest BCUT2D eigenvalue weighted by atomic mass is 16.2. The van der Waals surface area contributed by atoms with E-state index >= 15 is 0 Å². The highest BCUT2D eigenvalue weighted by Crippen LogP contribution is 2.28. The summed E-state index contributed by atoms with van der Waals surface area (Å²) in [5.74, 6) is -1.46. The lowest BCUT2D eigenvalue weighted by molar-refractivity contribution is -0.144. The summed E-state index contributed by atoms with van der Waals surface area (Å²) in [6.45, 7) is 3.62. The molecule has 0 aromatic rings. The van der Waals surface area contributed by atoms with E-state index in [2.05, 4.69) is 6.07 Å². The standard InChI is InChI=1S/C15H21N3O3/c1-15(2,10-16)8-9-17-12(19)13(20)18(14(17)21)11-6-4-3-5-7-11/h11H,3-9H2,1-2H3. The second kappa shape index (κ2) is 5.84. The van der Waals surface area contributed by atoms with Crippen LogP contribution in [0.5, 0.6) is 0 Å². The van der Waals surface area contributed by atoms with Crippen LogP contribution in [0.2, 0.25) is 0 Å². The fourth-order valence-corrected chi connectivity index (χ4v) is 2.83. The molecule has 0 aromatic carbocycles. The number of hydrogen-bond donors (Lipinski definition) is 0. The Labute approximate surface area is 124 Å². The van der Waals surface area contributed by atoms with Crippen LogP contribution in [0.15, 0.2) is 0 Å². The first-order valence-corrected chi connectivity index (χ1v) is 7.47. The lowest BCUT2D eigenvalue weighted by atomic mass is 9.91. The highest BCUT2D eigenvalue weighted by Gasteiger charge is 2.47. The number of amides is 4. The molecular formula is C15H21N3O3. The van der Waals surface area contributed by atoms with Crippen molar-refractivity contribution in [3.63, 3.8) is 0 Å². The number of carbonyl (C=O) groups excluding carboxylic acids is 3. The molecule has 0 unspecified atom stereocenters. The molecule has 21 heavy (non-hydrogen) atoms. The van der Waals surface area contributed by atoms with E-state index in [1.54, 1.807) is 13.8 Å². The Morgan fingerprint density at radius 1 is 1.14 bits per heavy atom. The van der Waals surface area contributed by atoms with Crippen LogP contribution in [0.1, 0.15) is 52.4 Å². The number of rotatable bonds is 4. The number of nitrogens with zero attached hydrogens (tertiary/aromatic N) is 3. The molecule has 1 aliphatic heterocycles. The van der Waals surface area contributed by atoms with Crippen LogP contribution in [0.25, 0.3) is 0 Å². The van der Waals surface area contributed by atoms with Gasteiger partial charge in [0.15, 0.2) is 0 Å². The van der Waals surface area contributed by atoms with E-state index in [4.69, 9.17) is 5.26 Å². The summed E-state index contributed by atoms with van der Waals surface area (Å²) in [5, 5.41) is 8.99. The summed E-state index contributed by atoms with van der Waals surface area (Å²) in [7, 11) is 0. The van der Waals surface area contributed by atoms with Crippen LogP contribution >= 0.6 is 0 Å². The second-order valence-electron chi connectivity index (χ2n) is 6.45. The molecule has 2 aliphatic rings. The van der Waals surface area contributed by atoms with E-state index in [-0.39, 0.29) is 12.6 Å². The van der Waals surface area contributed by atoms with Crippen molar-refractivity contribution in [2.45, 2.75) is 58.4 Å². The average Bonchev–Trinajstić information content (AvgIpc) is 2.68. The molecule has 0 bridgehead atoms. The van der Waals surface area contributed by atoms with Crippen molar-refractivity contribution in [2.24, 2.45) is 5.41 Å². The topological polar surface area (TPSA) is 81.5 Å². The molecule has 0 N–H and O–H groups in total. The Hall–Kier alpha value is -1.90. The number of urea groups is 1. The van der Waals surface area contributed by atoms with Crippen molar-refractivity contribution in [1.82, 2.24) is 9.80 Å². The molecule has 0 spiro atoms. The van der Waals surface area contributed by atoms with Crippen molar-refractivity contribution in [2.75, 3.05) is 6.54 Å². The first kappa shape index (κ1) is 15.5. The molecule has 1 saturated carbocycles. The van der Waals surface area contributed by atoms with E-state index in [1.807, 2.05) is 0 Å². The molecule has 1 saturated heterocycles. The van der Waals surface area contributed by atoms with Gasteiger partial charge in [0.2, 0.25) is 0 Å². The average molecular weight is 291 g/mol. The molecule has 2 fully saturated rings. The van der Waals surface area contributed by atoms with Gasteiger partial charge in [-0.2, -0.15) is 5.26 Å². The minimum Gasteiger partial charge on any atom is -0.263 e. The van der Waals surface area contributed by atoms with Crippen LogP contribution < -0.4 is 0 Å². The number of hydrogen-bond acceptors (Lipinski definition) is 4. The first-order valence-electron chi connectivity index (χ1n) is 7.47. The molecule has 6 heteroatoms. The molecule has 4 amide bonds. The fourth-order valence-electron chi connectivity index (χ4n) is 2.83. The third kappa shape index (κ3) is 3.07. The Bertz CT molecular complexity index is 501. The van der Waals surface area contributed by atoms with Crippen LogP contribution in [-0.2, 0) is 9.59 Å². The van der Waals surface area contributed by atoms with Crippen LogP contribution in [-0.4, -0.2) is 40.2 Å². The Morgan fingerprint density at radius 2 is 1.76 bits per heavy atom. The predicted molar refractivity (Wildman–Crippen MR) is 74.8 cm³/mol. The summed E-state index contributed by atoms with van der Waals surface area (Å²) in [4.78, 5) is 38.6. The minimum atomic E-state index is -0.751. The largest absolute Gasteiger partial charge is 0.334 e. The normalized spacial score (nSPS) is 21.1. The number of imide groups is 2. The molecule has 0 aromatic heterocycles. The van der Waals surface area contributed by atoms with E-state index in [0.717, 1.165) is 41.9 Å². The molecule has 6 nitrogen and oxygen atoms in total. The smallest absolute Gasteiger partial charge is 0.263 e. The van der Waals surface area contributed by atoms with Crippen LogP contribution in [0, 0.1) is 16.7 Å². The maximum Gasteiger partial charge on any atom is 0.334 e. The maximum absolute atomic E-state index is 12.4. The fraction of sp³-hybridized carbons (Fsp3) is 0.733.